The van der Waals surface area contributed by atoms with Crippen molar-refractivity contribution in [2.75, 3.05) is 13.1 Å². The molecule has 2 aromatic rings. The molecular weight excluding hydrogens is 757 g/mol. The smallest absolute Gasteiger partial charge is 0.410 e. The third-order valence-electron chi connectivity index (χ3n) is 9.48. The van der Waals surface area contributed by atoms with Gasteiger partial charge in [-0.2, -0.15) is 0 Å². The predicted molar refractivity (Wildman–Crippen MR) is 199 cm³/mol. The lowest BCUT2D eigenvalue weighted by Gasteiger charge is -2.48. The molecule has 2 saturated heterocycles. The van der Waals surface area contributed by atoms with Gasteiger partial charge in [0, 0.05) is 53.4 Å². The van der Waals surface area contributed by atoms with Gasteiger partial charge in [0.2, 0.25) is 5.91 Å². The van der Waals surface area contributed by atoms with Crippen LogP contribution >= 0.6 is 11.8 Å². The maximum Gasteiger partial charge on any atom is 0.410 e. The summed E-state index contributed by atoms with van der Waals surface area (Å²) in [4.78, 5) is 89.1. The third kappa shape index (κ3) is 9.31. The molecule has 0 radical (unpaired) electrons. The molecule has 2 fully saturated rings. The molecule has 4 amide bonds. The Morgan fingerprint density at radius 3 is 2.02 bits per heavy atom. The number of nitro benzene ring substituents is 2. The number of benzene rings is 2. The number of hydrogen-bond donors (Lipinski definition) is 2. The van der Waals surface area contributed by atoms with Gasteiger partial charge in [0.25, 0.3) is 11.4 Å². The van der Waals surface area contributed by atoms with Crippen LogP contribution in [-0.4, -0.2) is 94.3 Å². The van der Waals surface area contributed by atoms with Crippen LogP contribution in [0.15, 0.2) is 59.1 Å². The van der Waals surface area contributed by atoms with E-state index in [1.165, 1.54) is 70.1 Å². The average molecular weight is 799 g/mol. The number of nitrogens with two attached hydrogens (primary N) is 1. The molecule has 20 heteroatoms. The van der Waals surface area contributed by atoms with Gasteiger partial charge < -0.3 is 34.8 Å². The Morgan fingerprint density at radius 1 is 0.964 bits per heavy atom. The standard InChI is InChI=1S/C35H42N6O12SSi/c1-19-28-27(20(2)53-55(3,4)5)33(44)39(28)29(34(45)51-17-21-6-10-23(11-7-21)40(47)48)30(19)54-26-14-25(15-37-32(43)31(36)42)38(16-26)35(46)52-18-22-8-12-24(13-9-22)41(49)50/h6-13,19-20,25-28H,14-18H2,1-5H3,(H2,36,42)(H,37,43)/t19-,20-,25+,26+,27-,28-/m1/s1. The van der Waals surface area contributed by atoms with Crippen LogP contribution in [0.5, 0.6) is 0 Å². The summed E-state index contributed by atoms with van der Waals surface area (Å²) >= 11 is 1.31. The highest BCUT2D eigenvalue weighted by atomic mass is 32.2. The number of β-lactam (4-membered cyclic amide) rings is 1. The minimum Gasteiger partial charge on any atom is -0.456 e. The van der Waals surface area contributed by atoms with E-state index in [1.807, 2.05) is 33.5 Å². The summed E-state index contributed by atoms with van der Waals surface area (Å²) in [7, 11) is -2.05. The summed E-state index contributed by atoms with van der Waals surface area (Å²) in [6.07, 6.45) is -0.878. The van der Waals surface area contributed by atoms with E-state index in [9.17, 15) is 44.2 Å². The fourth-order valence-electron chi connectivity index (χ4n) is 7.01. The van der Waals surface area contributed by atoms with E-state index in [0.29, 0.717) is 16.0 Å². The summed E-state index contributed by atoms with van der Waals surface area (Å²) in [6, 6.07) is 9.98. The maximum absolute atomic E-state index is 13.9. The van der Waals surface area contributed by atoms with Crippen molar-refractivity contribution >= 4 is 61.2 Å². The molecule has 18 nitrogen and oxygen atoms in total. The molecule has 0 unspecified atom stereocenters. The van der Waals surface area contributed by atoms with E-state index in [4.69, 9.17) is 19.6 Å². The number of hydrogen-bond acceptors (Lipinski definition) is 13. The predicted octanol–water partition coefficient (Wildman–Crippen LogP) is 3.59. The molecule has 55 heavy (non-hydrogen) atoms. The van der Waals surface area contributed by atoms with Crippen LogP contribution in [0.25, 0.3) is 0 Å². The summed E-state index contributed by atoms with van der Waals surface area (Å²) in [5, 5.41) is 24.2. The number of thioether (sulfide) groups is 1. The molecule has 3 N–H and O–H groups in total. The van der Waals surface area contributed by atoms with Gasteiger partial charge in [-0.05, 0) is 68.4 Å². The number of nitrogens with one attached hydrogen (secondary N) is 1. The first-order valence-corrected chi connectivity index (χ1v) is 21.7. The van der Waals surface area contributed by atoms with Gasteiger partial charge in [0.05, 0.1) is 34.0 Å². The number of nitro groups is 2. The van der Waals surface area contributed by atoms with Crippen LogP contribution in [0, 0.1) is 32.1 Å². The zero-order chi connectivity index (χ0) is 40.4. The van der Waals surface area contributed by atoms with E-state index < -0.39 is 66.1 Å². The number of nitrogens with zero attached hydrogens (tertiary/aromatic N) is 4. The monoisotopic (exact) mass is 798 g/mol. The van der Waals surface area contributed by atoms with Crippen LogP contribution in [0.1, 0.15) is 31.4 Å². The lowest BCUT2D eigenvalue weighted by molar-refractivity contribution is -0.385. The molecule has 294 valence electrons. The Morgan fingerprint density at radius 2 is 1.51 bits per heavy atom. The Balaban J connectivity index is 1.38. The average Bonchev–Trinajstić information content (AvgIpc) is 3.63. The first-order valence-electron chi connectivity index (χ1n) is 17.4. The van der Waals surface area contributed by atoms with Crippen LogP contribution in [0.4, 0.5) is 16.2 Å². The number of fused-ring (bicyclic) bond motifs is 1. The number of ether oxygens (including phenoxy) is 2. The maximum atomic E-state index is 13.9. The number of carbonyl (C=O) groups excluding carboxylic acids is 5. The number of esters is 1. The van der Waals surface area contributed by atoms with Gasteiger partial charge in [0.15, 0.2) is 8.32 Å². The number of carbonyl (C=O) groups is 5. The second-order valence-corrected chi connectivity index (χ2v) is 20.3. The van der Waals surface area contributed by atoms with Crippen molar-refractivity contribution in [2.45, 2.75) is 76.6 Å². The SMILES string of the molecule is C[C@@H](O[Si](C)(C)C)[C@H]1C(=O)N2C(C(=O)OCc3ccc([N+](=O)[O-])cc3)=C(S[C@H]3C[C@@H](CNC(=O)C(N)=O)N(C(=O)OCc4ccc([N+](=O)[O-])cc4)C3)[C@H](C)[C@H]12. The Kier molecular flexibility index (Phi) is 12.3. The van der Waals surface area contributed by atoms with Crippen molar-refractivity contribution in [1.82, 2.24) is 15.1 Å². The Hall–Kier alpha value is -5.34. The number of non-ortho nitro benzene ring substituents is 2. The molecule has 3 heterocycles. The summed E-state index contributed by atoms with van der Waals surface area (Å²) in [6.45, 7) is 9.38. The van der Waals surface area contributed by atoms with Crippen molar-refractivity contribution in [1.29, 1.82) is 0 Å². The Bertz CT molecular complexity index is 1900. The highest BCUT2D eigenvalue weighted by Gasteiger charge is 2.61. The van der Waals surface area contributed by atoms with Gasteiger partial charge in [-0.25, -0.2) is 9.59 Å². The number of likely N-dealkylation sites (tertiary alicyclic amines) is 1. The number of primary amides is 1. The molecule has 0 saturated carbocycles. The zero-order valence-electron chi connectivity index (χ0n) is 30.8. The summed E-state index contributed by atoms with van der Waals surface area (Å²) in [5.41, 5.74) is 5.95. The largest absolute Gasteiger partial charge is 0.456 e. The van der Waals surface area contributed by atoms with Crippen LogP contribution in [-0.2, 0) is 46.3 Å². The van der Waals surface area contributed by atoms with Gasteiger partial charge in [-0.1, -0.05) is 6.92 Å². The van der Waals surface area contributed by atoms with Crippen molar-refractivity contribution in [3.05, 3.63) is 90.5 Å². The Labute approximate surface area is 321 Å². The van der Waals surface area contributed by atoms with Gasteiger partial charge >= 0.3 is 23.9 Å². The third-order valence-corrected chi connectivity index (χ3v) is 12.1. The summed E-state index contributed by atoms with van der Waals surface area (Å²) in [5.74, 6) is -4.14. The van der Waals surface area contributed by atoms with Crippen molar-refractivity contribution < 1.29 is 47.7 Å². The molecular formula is C35H42N6O12SSi. The molecule has 3 aliphatic rings. The topological polar surface area (TPSA) is 244 Å². The van der Waals surface area contributed by atoms with Crippen molar-refractivity contribution in [3.8, 4) is 0 Å². The fraction of sp³-hybridized carbons (Fsp3) is 0.457. The second kappa shape index (κ2) is 16.6. The van der Waals surface area contributed by atoms with E-state index >= 15 is 0 Å². The normalized spacial score (nSPS) is 22.4. The minimum atomic E-state index is -2.05. The lowest BCUT2D eigenvalue weighted by Crippen LogP contribution is -2.64. The molecule has 0 spiro atoms. The van der Waals surface area contributed by atoms with Crippen molar-refractivity contribution in [2.24, 2.45) is 17.6 Å². The fourth-order valence-corrected chi connectivity index (χ4v) is 9.84. The molecule has 0 aromatic heterocycles. The lowest BCUT2D eigenvalue weighted by atomic mass is 9.79. The van der Waals surface area contributed by atoms with E-state index in [1.54, 1.807) is 0 Å². The molecule has 3 aliphatic heterocycles. The molecule has 6 atom stereocenters. The molecule has 0 aliphatic carbocycles. The minimum absolute atomic E-state index is 0.0728. The van der Waals surface area contributed by atoms with Crippen LogP contribution in [0.3, 0.4) is 0 Å². The second-order valence-electron chi connectivity index (χ2n) is 14.5. The first kappa shape index (κ1) is 40.8. The van der Waals surface area contributed by atoms with E-state index in [2.05, 4.69) is 5.32 Å². The highest BCUT2D eigenvalue weighted by Crippen LogP contribution is 2.53. The molecule has 5 rings (SSSR count). The van der Waals surface area contributed by atoms with Gasteiger partial charge in [-0.3, -0.25) is 34.6 Å². The van der Waals surface area contributed by atoms with Gasteiger partial charge in [-0.15, -0.1) is 11.8 Å². The first-order chi connectivity index (χ1) is 25.9. The quantitative estimate of drug-likeness (QED) is 0.0694. The molecule has 0 bridgehead atoms. The summed E-state index contributed by atoms with van der Waals surface area (Å²) < 4.78 is 17.5. The highest BCUT2D eigenvalue weighted by molar-refractivity contribution is 8.03. The zero-order valence-corrected chi connectivity index (χ0v) is 32.6. The number of amides is 4. The number of rotatable bonds is 14. The van der Waals surface area contributed by atoms with Crippen molar-refractivity contribution in [3.63, 3.8) is 0 Å². The van der Waals surface area contributed by atoms with E-state index in [-0.39, 0.29) is 66.9 Å². The van der Waals surface area contributed by atoms with Crippen LogP contribution < -0.4 is 11.1 Å². The molecule has 2 aromatic carbocycles. The van der Waals surface area contributed by atoms with E-state index in [0.717, 1.165) is 0 Å². The van der Waals surface area contributed by atoms with Gasteiger partial charge in [0.1, 0.15) is 18.9 Å². The van der Waals surface area contributed by atoms with Crippen LogP contribution in [0.2, 0.25) is 19.6 Å².